The van der Waals surface area contributed by atoms with Crippen LogP contribution < -0.4 is 20.1 Å². The molecule has 0 saturated carbocycles. The minimum atomic E-state index is -0.105. The Morgan fingerprint density at radius 2 is 1.76 bits per heavy atom. The number of carbonyl (C=O) groups is 1. The first-order valence-corrected chi connectivity index (χ1v) is 7.43. The first kappa shape index (κ1) is 17.1. The van der Waals surface area contributed by atoms with Crippen LogP contribution in [0.4, 0.5) is 4.79 Å². The summed E-state index contributed by atoms with van der Waals surface area (Å²) in [7, 11) is 3.23. The molecular weight excluding hydrogens is 268 g/mol. The number of amides is 2. The van der Waals surface area contributed by atoms with Gasteiger partial charge >= 0.3 is 6.03 Å². The van der Waals surface area contributed by atoms with Crippen molar-refractivity contribution in [1.82, 2.24) is 10.6 Å². The number of unbranched alkanes of at least 4 members (excludes halogenated alkanes) is 2. The summed E-state index contributed by atoms with van der Waals surface area (Å²) < 4.78 is 10.4. The van der Waals surface area contributed by atoms with Gasteiger partial charge in [-0.25, -0.2) is 4.79 Å². The highest BCUT2D eigenvalue weighted by molar-refractivity contribution is 5.73. The number of ether oxygens (including phenoxy) is 2. The van der Waals surface area contributed by atoms with Crippen LogP contribution in [0.15, 0.2) is 18.2 Å². The summed E-state index contributed by atoms with van der Waals surface area (Å²) in [4.78, 5) is 11.6. The van der Waals surface area contributed by atoms with Crippen molar-refractivity contribution in [2.24, 2.45) is 0 Å². The fraction of sp³-hybridized carbons (Fsp3) is 0.562. The van der Waals surface area contributed by atoms with Gasteiger partial charge in [-0.3, -0.25) is 0 Å². The molecule has 1 rings (SSSR count). The van der Waals surface area contributed by atoms with E-state index in [4.69, 9.17) is 9.47 Å². The van der Waals surface area contributed by atoms with Gasteiger partial charge in [0.2, 0.25) is 0 Å². The molecule has 0 unspecified atom stereocenters. The molecule has 0 aliphatic carbocycles. The van der Waals surface area contributed by atoms with Gasteiger partial charge in [-0.15, -0.1) is 0 Å². The van der Waals surface area contributed by atoms with Gasteiger partial charge in [0.25, 0.3) is 0 Å². The molecule has 21 heavy (non-hydrogen) atoms. The molecule has 1 aromatic carbocycles. The van der Waals surface area contributed by atoms with Gasteiger partial charge in [-0.2, -0.15) is 0 Å². The van der Waals surface area contributed by atoms with Gasteiger partial charge < -0.3 is 20.1 Å². The van der Waals surface area contributed by atoms with Crippen LogP contribution in [-0.4, -0.2) is 33.3 Å². The van der Waals surface area contributed by atoms with Gasteiger partial charge in [0.1, 0.15) is 0 Å². The van der Waals surface area contributed by atoms with E-state index in [9.17, 15) is 4.79 Å². The third kappa shape index (κ3) is 6.38. The van der Waals surface area contributed by atoms with Gasteiger partial charge in [0, 0.05) is 13.1 Å². The molecule has 0 aromatic heterocycles. The Morgan fingerprint density at radius 3 is 2.43 bits per heavy atom. The molecule has 1 aromatic rings. The normalized spacial score (nSPS) is 10.0. The lowest BCUT2D eigenvalue weighted by Gasteiger charge is -2.10. The quantitative estimate of drug-likeness (QED) is 0.688. The van der Waals surface area contributed by atoms with Crippen LogP contribution in [-0.2, 0) is 6.42 Å². The first-order chi connectivity index (χ1) is 10.2. The van der Waals surface area contributed by atoms with E-state index in [0.29, 0.717) is 18.0 Å². The molecule has 5 heteroatoms. The Bertz CT molecular complexity index is 436. The standard InChI is InChI=1S/C16H26N2O3/c1-4-5-6-10-17-16(19)18-11-9-13-7-8-14(20-2)15(12-13)21-3/h7-8,12H,4-6,9-11H2,1-3H3,(H2,17,18,19). The molecule has 0 aliphatic heterocycles. The molecule has 0 heterocycles. The van der Waals surface area contributed by atoms with Crippen molar-refractivity contribution < 1.29 is 14.3 Å². The molecule has 0 saturated heterocycles. The molecule has 0 atom stereocenters. The molecule has 0 fully saturated rings. The third-order valence-corrected chi connectivity index (χ3v) is 3.21. The molecule has 118 valence electrons. The first-order valence-electron chi connectivity index (χ1n) is 7.43. The Labute approximate surface area is 127 Å². The Morgan fingerprint density at radius 1 is 1.05 bits per heavy atom. The van der Waals surface area contributed by atoms with E-state index in [-0.39, 0.29) is 6.03 Å². The summed E-state index contributed by atoms with van der Waals surface area (Å²) in [5, 5.41) is 5.70. The number of hydrogen-bond donors (Lipinski definition) is 2. The van der Waals surface area contributed by atoms with Crippen LogP contribution in [0.2, 0.25) is 0 Å². The highest BCUT2D eigenvalue weighted by Crippen LogP contribution is 2.27. The molecule has 0 bridgehead atoms. The third-order valence-electron chi connectivity index (χ3n) is 3.21. The second kappa shape index (κ2) is 9.91. The molecule has 0 spiro atoms. The van der Waals surface area contributed by atoms with E-state index >= 15 is 0 Å². The minimum absolute atomic E-state index is 0.105. The summed E-state index contributed by atoms with van der Waals surface area (Å²) in [6, 6.07) is 5.67. The van der Waals surface area contributed by atoms with E-state index in [1.807, 2.05) is 18.2 Å². The largest absolute Gasteiger partial charge is 0.493 e. The van der Waals surface area contributed by atoms with Crippen molar-refractivity contribution in [3.63, 3.8) is 0 Å². The maximum atomic E-state index is 11.6. The van der Waals surface area contributed by atoms with E-state index in [0.717, 1.165) is 37.8 Å². The smallest absolute Gasteiger partial charge is 0.314 e. The number of nitrogens with one attached hydrogen (secondary N) is 2. The van der Waals surface area contributed by atoms with Gasteiger partial charge in [0.05, 0.1) is 14.2 Å². The van der Waals surface area contributed by atoms with E-state index in [2.05, 4.69) is 17.6 Å². The number of carbonyl (C=O) groups excluding carboxylic acids is 1. The Balaban J connectivity index is 2.30. The highest BCUT2D eigenvalue weighted by Gasteiger charge is 2.05. The van der Waals surface area contributed by atoms with Crippen molar-refractivity contribution in [1.29, 1.82) is 0 Å². The molecule has 0 radical (unpaired) electrons. The molecule has 5 nitrogen and oxygen atoms in total. The van der Waals surface area contributed by atoms with Crippen molar-refractivity contribution >= 4 is 6.03 Å². The number of rotatable bonds is 9. The van der Waals surface area contributed by atoms with Crippen LogP contribution in [0, 0.1) is 0 Å². The summed E-state index contributed by atoms with van der Waals surface area (Å²) in [5.74, 6) is 1.42. The monoisotopic (exact) mass is 294 g/mol. The lowest BCUT2D eigenvalue weighted by molar-refractivity contribution is 0.241. The number of urea groups is 1. The zero-order valence-corrected chi connectivity index (χ0v) is 13.2. The van der Waals surface area contributed by atoms with Crippen molar-refractivity contribution in [3.8, 4) is 11.5 Å². The number of methoxy groups -OCH3 is 2. The predicted molar refractivity (Wildman–Crippen MR) is 84.2 cm³/mol. The fourth-order valence-corrected chi connectivity index (χ4v) is 2.00. The minimum Gasteiger partial charge on any atom is -0.493 e. The van der Waals surface area contributed by atoms with Crippen LogP contribution in [0.1, 0.15) is 31.7 Å². The molecule has 2 N–H and O–H groups in total. The topological polar surface area (TPSA) is 59.6 Å². The van der Waals surface area contributed by atoms with Gasteiger partial charge in [-0.1, -0.05) is 25.8 Å². The zero-order valence-electron chi connectivity index (χ0n) is 13.2. The second-order valence-corrected chi connectivity index (χ2v) is 4.83. The summed E-state index contributed by atoms with van der Waals surface area (Å²) in [5.41, 5.74) is 1.10. The SMILES string of the molecule is CCCCCNC(=O)NCCc1ccc(OC)c(OC)c1. The average Bonchev–Trinajstić information content (AvgIpc) is 2.51. The van der Waals surface area contributed by atoms with Crippen LogP contribution in [0.3, 0.4) is 0 Å². The van der Waals surface area contributed by atoms with Crippen LogP contribution in [0.25, 0.3) is 0 Å². The summed E-state index contributed by atoms with van der Waals surface area (Å²) in [6.07, 6.45) is 4.08. The Kier molecular flexibility index (Phi) is 8.09. The van der Waals surface area contributed by atoms with Crippen molar-refractivity contribution in [3.05, 3.63) is 23.8 Å². The van der Waals surface area contributed by atoms with Gasteiger partial charge in [0.15, 0.2) is 11.5 Å². The van der Waals surface area contributed by atoms with E-state index in [1.165, 1.54) is 0 Å². The van der Waals surface area contributed by atoms with Crippen molar-refractivity contribution in [2.75, 3.05) is 27.3 Å². The fourth-order valence-electron chi connectivity index (χ4n) is 2.00. The Hall–Kier alpha value is -1.91. The maximum Gasteiger partial charge on any atom is 0.314 e. The molecule has 0 aliphatic rings. The lowest BCUT2D eigenvalue weighted by atomic mass is 10.1. The maximum absolute atomic E-state index is 11.6. The lowest BCUT2D eigenvalue weighted by Crippen LogP contribution is -2.37. The second-order valence-electron chi connectivity index (χ2n) is 4.83. The van der Waals surface area contributed by atoms with Crippen LogP contribution in [0.5, 0.6) is 11.5 Å². The summed E-state index contributed by atoms with van der Waals surface area (Å²) in [6.45, 7) is 3.47. The number of hydrogen-bond acceptors (Lipinski definition) is 3. The van der Waals surface area contributed by atoms with Gasteiger partial charge in [-0.05, 0) is 30.5 Å². The van der Waals surface area contributed by atoms with E-state index < -0.39 is 0 Å². The molecular formula is C16H26N2O3. The van der Waals surface area contributed by atoms with Crippen molar-refractivity contribution in [2.45, 2.75) is 32.6 Å². The predicted octanol–water partition coefficient (Wildman–Crippen LogP) is 2.74. The van der Waals surface area contributed by atoms with E-state index in [1.54, 1.807) is 14.2 Å². The zero-order chi connectivity index (χ0) is 15.5. The number of benzene rings is 1. The summed E-state index contributed by atoms with van der Waals surface area (Å²) >= 11 is 0. The highest BCUT2D eigenvalue weighted by atomic mass is 16.5. The average molecular weight is 294 g/mol. The molecule has 2 amide bonds. The van der Waals surface area contributed by atoms with Crippen LogP contribution >= 0.6 is 0 Å².